The molecule has 0 radical (unpaired) electrons. The van der Waals surface area contributed by atoms with E-state index >= 15 is 0 Å². The highest BCUT2D eigenvalue weighted by atomic mass is 16.4. The summed E-state index contributed by atoms with van der Waals surface area (Å²) in [5.74, 6) is -0.450. The van der Waals surface area contributed by atoms with Gasteiger partial charge in [0, 0.05) is 18.8 Å². The molecule has 6 N–H and O–H groups in total. The molecular weight excluding hydrogens is 168 g/mol. The summed E-state index contributed by atoms with van der Waals surface area (Å²) in [7, 11) is 0. The molecule has 0 aromatic heterocycles. The molecule has 0 saturated carbocycles. The molecule has 1 fully saturated rings. The molecule has 1 rings (SSSR count). The van der Waals surface area contributed by atoms with Crippen LogP contribution in [0.25, 0.3) is 0 Å². The lowest BCUT2D eigenvalue weighted by Gasteiger charge is -2.20. The van der Waals surface area contributed by atoms with E-state index in [0.29, 0.717) is 5.92 Å². The molecule has 1 unspecified atom stereocenters. The highest BCUT2D eigenvalue weighted by molar-refractivity contribution is 5.71. The zero-order chi connectivity index (χ0) is 8.27. The van der Waals surface area contributed by atoms with Gasteiger partial charge in [0.25, 0.3) is 0 Å². The Morgan fingerprint density at radius 2 is 1.85 bits per heavy atom. The second-order valence-electron chi connectivity index (χ2n) is 3.15. The van der Waals surface area contributed by atoms with Gasteiger partial charge in [0.15, 0.2) is 6.04 Å². The normalized spacial score (nSPS) is 19.5. The van der Waals surface area contributed by atoms with Crippen molar-refractivity contribution in [3.8, 4) is 0 Å². The smallest absolute Gasteiger partial charge is 0.362 e. The van der Waals surface area contributed by atoms with Crippen molar-refractivity contribution in [2.24, 2.45) is 5.92 Å². The third kappa shape index (κ3) is 4.24. The molecule has 4 nitrogen and oxygen atoms in total. The predicted octanol–water partition coefficient (Wildman–Crippen LogP) is -1.07. The van der Waals surface area contributed by atoms with Crippen molar-refractivity contribution in [1.82, 2.24) is 0 Å². The van der Waals surface area contributed by atoms with Gasteiger partial charge in [-0.3, -0.25) is 0 Å². The molecule has 4 heteroatoms. The third-order valence-corrected chi connectivity index (χ3v) is 2.37. The Kier molecular flexibility index (Phi) is 7.85. The number of carboxylic acid groups (broad SMARTS) is 1. The first-order chi connectivity index (χ1) is 5.22. The summed E-state index contributed by atoms with van der Waals surface area (Å²) in [6, 6.07) is -0.399. The Bertz CT molecular complexity index is 145. The molecule has 80 valence electrons. The maximum absolute atomic E-state index is 10.5. The minimum atomic E-state index is -0.753. The van der Waals surface area contributed by atoms with E-state index in [9.17, 15) is 4.79 Å². The summed E-state index contributed by atoms with van der Waals surface area (Å²) in [4.78, 5) is 10.5. The topological polar surface area (TPSA) is 81.5 Å². The van der Waals surface area contributed by atoms with Crippen LogP contribution in [0.4, 0.5) is 0 Å². The molecule has 13 heavy (non-hydrogen) atoms. The number of aliphatic carboxylic acids is 1. The first-order valence-electron chi connectivity index (χ1n) is 4.09. The highest BCUT2D eigenvalue weighted by Gasteiger charge is 2.30. The van der Waals surface area contributed by atoms with E-state index in [1.54, 1.807) is 0 Å². The van der Waals surface area contributed by atoms with Crippen LogP contribution in [-0.2, 0) is 4.79 Å². The Morgan fingerprint density at radius 3 is 2.23 bits per heavy atom. The van der Waals surface area contributed by atoms with Crippen molar-refractivity contribution in [2.45, 2.75) is 33.7 Å². The van der Waals surface area contributed by atoms with E-state index in [2.05, 4.69) is 11.1 Å². The number of nitrogens with two attached hydrogens (primary N) is 1. The lowest BCUT2D eigenvalue weighted by molar-refractivity contribution is -0.667. The standard InChI is InChI=1S/C7H14N2O2.2CH4/c8-6(7(10)11)5-1-3-9-4-2-5;;/h5-6,9H,1-4,8H2,(H,10,11);2*1H4/p+2. The fourth-order valence-electron chi connectivity index (χ4n) is 1.56. The molecule has 0 bridgehead atoms. The first kappa shape index (κ1) is 14.9. The van der Waals surface area contributed by atoms with Crippen LogP contribution >= 0.6 is 0 Å². The van der Waals surface area contributed by atoms with E-state index in [4.69, 9.17) is 5.11 Å². The van der Waals surface area contributed by atoms with Crippen molar-refractivity contribution in [1.29, 1.82) is 0 Å². The van der Waals surface area contributed by atoms with Crippen LogP contribution in [0.2, 0.25) is 0 Å². The van der Waals surface area contributed by atoms with Gasteiger partial charge in [0.05, 0.1) is 13.1 Å². The van der Waals surface area contributed by atoms with Crippen molar-refractivity contribution in [2.75, 3.05) is 13.1 Å². The van der Waals surface area contributed by atoms with E-state index in [0.717, 1.165) is 25.9 Å². The molecule has 1 heterocycles. The Labute approximate surface area is 80.5 Å². The fourth-order valence-corrected chi connectivity index (χ4v) is 1.56. The average Bonchev–Trinajstić information content (AvgIpc) is 2.05. The lowest BCUT2D eigenvalue weighted by atomic mass is 9.91. The Hall–Kier alpha value is -0.610. The molecule has 0 aromatic carbocycles. The summed E-state index contributed by atoms with van der Waals surface area (Å²) in [6.45, 7) is 2.12. The van der Waals surface area contributed by atoms with Crippen molar-refractivity contribution < 1.29 is 21.0 Å². The molecule has 0 aromatic rings. The Morgan fingerprint density at radius 1 is 1.38 bits per heavy atom. The number of piperidine rings is 1. The van der Waals surface area contributed by atoms with Crippen LogP contribution in [0.3, 0.4) is 0 Å². The summed E-state index contributed by atoms with van der Waals surface area (Å²) in [6.07, 6.45) is 2.00. The predicted molar refractivity (Wildman–Crippen MR) is 52.2 cm³/mol. The molecule has 0 aliphatic carbocycles. The van der Waals surface area contributed by atoms with Gasteiger partial charge < -0.3 is 16.2 Å². The minimum absolute atomic E-state index is 0. The first-order valence-corrected chi connectivity index (χ1v) is 4.09. The average molecular weight is 192 g/mol. The monoisotopic (exact) mass is 192 g/mol. The molecule has 1 aliphatic heterocycles. The van der Waals surface area contributed by atoms with Gasteiger partial charge in [0.1, 0.15) is 0 Å². The van der Waals surface area contributed by atoms with Gasteiger partial charge in [-0.2, -0.15) is 0 Å². The zero-order valence-electron chi connectivity index (χ0n) is 6.62. The summed E-state index contributed by atoms with van der Waals surface area (Å²) in [5.41, 5.74) is 3.65. The summed E-state index contributed by atoms with van der Waals surface area (Å²) in [5, 5.41) is 10.9. The SMILES string of the molecule is C.C.[NH3+]C(C(=O)O)C1CC[NH2+]CC1. The number of carboxylic acids is 1. The van der Waals surface area contributed by atoms with Crippen LogP contribution in [0, 0.1) is 5.92 Å². The van der Waals surface area contributed by atoms with E-state index in [-0.39, 0.29) is 14.9 Å². The number of hydrogen-bond donors (Lipinski definition) is 3. The van der Waals surface area contributed by atoms with E-state index in [1.807, 2.05) is 0 Å². The van der Waals surface area contributed by atoms with Crippen molar-refractivity contribution in [3.63, 3.8) is 0 Å². The van der Waals surface area contributed by atoms with Gasteiger partial charge >= 0.3 is 5.97 Å². The summed E-state index contributed by atoms with van der Waals surface area (Å²) < 4.78 is 0. The van der Waals surface area contributed by atoms with Crippen molar-refractivity contribution >= 4 is 5.97 Å². The van der Waals surface area contributed by atoms with Gasteiger partial charge in [-0.15, -0.1) is 0 Å². The Balaban J connectivity index is 0. The fraction of sp³-hybridized carbons (Fsp3) is 0.889. The number of carbonyl (C=O) groups is 1. The molecule has 0 spiro atoms. The second-order valence-corrected chi connectivity index (χ2v) is 3.15. The summed E-state index contributed by atoms with van der Waals surface area (Å²) >= 11 is 0. The van der Waals surface area contributed by atoms with Gasteiger partial charge in [-0.1, -0.05) is 14.9 Å². The van der Waals surface area contributed by atoms with E-state index in [1.165, 1.54) is 0 Å². The maximum Gasteiger partial charge on any atom is 0.362 e. The molecule has 0 amide bonds. The van der Waals surface area contributed by atoms with Gasteiger partial charge in [0.2, 0.25) is 0 Å². The van der Waals surface area contributed by atoms with E-state index < -0.39 is 12.0 Å². The lowest BCUT2D eigenvalue weighted by Crippen LogP contribution is -2.87. The minimum Gasteiger partial charge on any atom is -0.477 e. The molecular formula is C9H24N2O2+2. The molecule has 1 aliphatic rings. The maximum atomic E-state index is 10.5. The second kappa shape index (κ2) is 6.86. The van der Waals surface area contributed by atoms with Crippen molar-refractivity contribution in [3.05, 3.63) is 0 Å². The largest absolute Gasteiger partial charge is 0.477 e. The van der Waals surface area contributed by atoms with Crippen LogP contribution < -0.4 is 11.1 Å². The molecule has 1 atom stereocenters. The quantitative estimate of drug-likeness (QED) is 0.520. The highest BCUT2D eigenvalue weighted by Crippen LogP contribution is 2.10. The number of rotatable bonds is 2. The van der Waals surface area contributed by atoms with Gasteiger partial charge in [-0.05, 0) is 0 Å². The van der Waals surface area contributed by atoms with Crippen LogP contribution in [-0.4, -0.2) is 30.2 Å². The third-order valence-electron chi connectivity index (χ3n) is 2.37. The van der Waals surface area contributed by atoms with Crippen LogP contribution in [0.5, 0.6) is 0 Å². The van der Waals surface area contributed by atoms with Crippen LogP contribution in [0.15, 0.2) is 0 Å². The van der Waals surface area contributed by atoms with Crippen LogP contribution in [0.1, 0.15) is 27.7 Å². The van der Waals surface area contributed by atoms with Gasteiger partial charge in [-0.25, -0.2) is 4.79 Å². The number of quaternary nitrogens is 2. The molecule has 1 saturated heterocycles. The zero-order valence-corrected chi connectivity index (χ0v) is 6.62. The number of hydrogen-bond acceptors (Lipinski definition) is 1.